The van der Waals surface area contributed by atoms with Crippen LogP contribution >= 0.6 is 0 Å². The Hall–Kier alpha value is -3.11. The second kappa shape index (κ2) is 7.64. The lowest BCUT2D eigenvalue weighted by Gasteiger charge is -2.18. The van der Waals surface area contributed by atoms with E-state index in [0.29, 0.717) is 17.7 Å². The first-order chi connectivity index (χ1) is 13.3. The largest absolute Gasteiger partial charge is 0.365 e. The average Bonchev–Trinajstić information content (AvgIpc) is 3.20. The monoisotopic (exact) mass is 357 g/mol. The molecule has 0 saturated carbocycles. The van der Waals surface area contributed by atoms with E-state index in [4.69, 9.17) is 4.74 Å². The summed E-state index contributed by atoms with van der Waals surface area (Å²) in [6.07, 6.45) is 0.122. The second-order valence-electron chi connectivity index (χ2n) is 6.71. The number of ether oxygens (including phenoxy) is 1. The molecule has 0 aromatic heterocycles. The highest BCUT2D eigenvalue weighted by molar-refractivity contribution is 5.98. The molecule has 0 radical (unpaired) electrons. The molecule has 3 aromatic carbocycles. The van der Waals surface area contributed by atoms with Gasteiger partial charge in [0.25, 0.3) is 0 Å². The van der Waals surface area contributed by atoms with Crippen LogP contribution in [0.15, 0.2) is 90.1 Å². The van der Waals surface area contributed by atoms with Gasteiger partial charge in [-0.2, -0.15) is 0 Å². The minimum atomic E-state index is -0.358. The Morgan fingerprint density at radius 3 is 2.07 bits per heavy atom. The SMILES string of the molecule is O=Nc1ccc([C@@H]2O[C@H](c3ccccc3)C[C@@H]2C(=O)c2ccccc2)cc1. The third-order valence-corrected chi connectivity index (χ3v) is 5.04. The summed E-state index contributed by atoms with van der Waals surface area (Å²) in [4.78, 5) is 23.9. The Labute approximate surface area is 157 Å². The van der Waals surface area contributed by atoms with Crippen molar-refractivity contribution in [1.29, 1.82) is 0 Å². The molecule has 3 atom stereocenters. The number of Topliss-reactive ketones (excluding diaryl/α,β-unsaturated/α-hetero) is 1. The molecule has 27 heavy (non-hydrogen) atoms. The Kier molecular flexibility index (Phi) is 4.90. The summed E-state index contributed by atoms with van der Waals surface area (Å²) in [5, 5.41) is 2.94. The normalized spacial score (nSPS) is 21.7. The van der Waals surface area contributed by atoms with Gasteiger partial charge < -0.3 is 4.74 Å². The number of rotatable bonds is 5. The van der Waals surface area contributed by atoms with Crippen LogP contribution in [-0.4, -0.2) is 5.78 Å². The van der Waals surface area contributed by atoms with Gasteiger partial charge >= 0.3 is 0 Å². The minimum Gasteiger partial charge on any atom is -0.365 e. The van der Waals surface area contributed by atoms with E-state index in [1.54, 1.807) is 12.1 Å². The predicted octanol–water partition coefficient (Wildman–Crippen LogP) is 5.79. The molecule has 1 fully saturated rings. The smallest absolute Gasteiger partial charge is 0.169 e. The van der Waals surface area contributed by atoms with Gasteiger partial charge in [0.2, 0.25) is 0 Å². The van der Waals surface area contributed by atoms with Crippen molar-refractivity contribution in [3.8, 4) is 0 Å². The van der Waals surface area contributed by atoms with Gasteiger partial charge in [0, 0.05) is 5.56 Å². The molecule has 4 rings (SSSR count). The first-order valence-electron chi connectivity index (χ1n) is 8.99. The van der Waals surface area contributed by atoms with E-state index < -0.39 is 0 Å². The molecular weight excluding hydrogens is 338 g/mol. The van der Waals surface area contributed by atoms with Gasteiger partial charge in [-0.1, -0.05) is 72.8 Å². The highest BCUT2D eigenvalue weighted by Gasteiger charge is 2.41. The topological polar surface area (TPSA) is 55.7 Å². The highest BCUT2D eigenvalue weighted by Crippen LogP contribution is 2.46. The number of benzene rings is 3. The van der Waals surface area contributed by atoms with Crippen LogP contribution < -0.4 is 0 Å². The van der Waals surface area contributed by atoms with Crippen molar-refractivity contribution in [3.05, 3.63) is 107 Å². The van der Waals surface area contributed by atoms with Crippen molar-refractivity contribution in [2.75, 3.05) is 0 Å². The van der Waals surface area contributed by atoms with Gasteiger partial charge in [-0.25, -0.2) is 0 Å². The van der Waals surface area contributed by atoms with Gasteiger partial charge in [-0.3, -0.25) is 4.79 Å². The molecule has 0 N–H and O–H groups in total. The second-order valence-corrected chi connectivity index (χ2v) is 6.71. The lowest BCUT2D eigenvalue weighted by atomic mass is 9.86. The number of carbonyl (C=O) groups excluding carboxylic acids is 1. The number of hydrogen-bond acceptors (Lipinski definition) is 4. The van der Waals surface area contributed by atoms with Gasteiger partial charge in [-0.05, 0) is 34.9 Å². The zero-order valence-electron chi connectivity index (χ0n) is 14.7. The molecule has 0 bridgehead atoms. The van der Waals surface area contributed by atoms with E-state index in [9.17, 15) is 9.70 Å². The van der Waals surface area contributed by atoms with E-state index in [0.717, 1.165) is 11.1 Å². The molecular formula is C23H19NO3. The highest BCUT2D eigenvalue weighted by atomic mass is 16.5. The zero-order chi connectivity index (χ0) is 18.6. The van der Waals surface area contributed by atoms with Crippen molar-refractivity contribution < 1.29 is 9.53 Å². The molecule has 0 aliphatic carbocycles. The van der Waals surface area contributed by atoms with Crippen LogP contribution in [-0.2, 0) is 4.74 Å². The summed E-state index contributed by atoms with van der Waals surface area (Å²) in [6.45, 7) is 0. The first-order valence-corrected chi connectivity index (χ1v) is 8.99. The lowest BCUT2D eigenvalue weighted by molar-refractivity contribution is 0.0322. The van der Waals surface area contributed by atoms with Gasteiger partial charge in [-0.15, -0.1) is 4.91 Å². The van der Waals surface area contributed by atoms with Gasteiger partial charge in [0.1, 0.15) is 5.69 Å². The third-order valence-electron chi connectivity index (χ3n) is 5.04. The maximum atomic E-state index is 13.2. The van der Waals surface area contributed by atoms with Crippen LogP contribution in [0.5, 0.6) is 0 Å². The van der Waals surface area contributed by atoms with Gasteiger partial charge in [0.05, 0.1) is 18.1 Å². The molecule has 1 aliphatic heterocycles. The van der Waals surface area contributed by atoms with E-state index >= 15 is 0 Å². The van der Waals surface area contributed by atoms with Crippen LogP contribution in [0.2, 0.25) is 0 Å². The molecule has 1 heterocycles. The van der Waals surface area contributed by atoms with E-state index in [1.165, 1.54) is 0 Å². The molecule has 1 saturated heterocycles. The van der Waals surface area contributed by atoms with Crippen LogP contribution in [0.3, 0.4) is 0 Å². The summed E-state index contributed by atoms with van der Waals surface area (Å²) in [5.41, 5.74) is 3.01. The standard InChI is InChI=1S/C23H19NO3/c25-22(17-9-5-2-6-10-17)20-15-21(16-7-3-1-4-8-16)27-23(20)18-11-13-19(24-26)14-12-18/h1-14,20-21,23H,15H2/t20-,21+,23+/m1/s1. The number of nitroso groups, excluding NO2 is 1. The fourth-order valence-corrected chi connectivity index (χ4v) is 3.66. The number of ketones is 1. The summed E-state index contributed by atoms with van der Waals surface area (Å²) < 4.78 is 6.33. The maximum absolute atomic E-state index is 13.2. The van der Waals surface area contributed by atoms with Crippen molar-refractivity contribution in [3.63, 3.8) is 0 Å². The maximum Gasteiger partial charge on any atom is 0.169 e. The van der Waals surface area contributed by atoms with E-state index in [-0.39, 0.29) is 23.9 Å². The average molecular weight is 357 g/mol. The fraction of sp³-hybridized carbons (Fsp3) is 0.174. The van der Waals surface area contributed by atoms with Crippen molar-refractivity contribution in [1.82, 2.24) is 0 Å². The first kappa shape index (κ1) is 17.3. The molecule has 1 aliphatic rings. The molecule has 0 amide bonds. The minimum absolute atomic E-state index is 0.0802. The summed E-state index contributed by atoms with van der Waals surface area (Å²) in [7, 11) is 0. The number of carbonyl (C=O) groups is 1. The molecule has 134 valence electrons. The van der Waals surface area contributed by atoms with Crippen LogP contribution in [0, 0.1) is 10.8 Å². The van der Waals surface area contributed by atoms with Crippen LogP contribution in [0.4, 0.5) is 5.69 Å². The summed E-state index contributed by atoms with van der Waals surface area (Å²) >= 11 is 0. The van der Waals surface area contributed by atoms with Crippen molar-refractivity contribution >= 4 is 11.5 Å². The summed E-state index contributed by atoms with van der Waals surface area (Å²) in [5.74, 6) is -0.204. The lowest BCUT2D eigenvalue weighted by Crippen LogP contribution is -2.18. The van der Waals surface area contributed by atoms with E-state index in [1.807, 2.05) is 72.8 Å². The molecule has 0 spiro atoms. The molecule has 0 unspecified atom stereocenters. The van der Waals surface area contributed by atoms with Crippen LogP contribution in [0.25, 0.3) is 0 Å². The quantitative estimate of drug-likeness (QED) is 0.429. The Bertz CT molecular complexity index is 923. The number of hydrogen-bond donors (Lipinski definition) is 0. The predicted molar refractivity (Wildman–Crippen MR) is 104 cm³/mol. The molecule has 3 aromatic rings. The van der Waals surface area contributed by atoms with Crippen molar-refractivity contribution in [2.24, 2.45) is 11.1 Å². The van der Waals surface area contributed by atoms with E-state index in [2.05, 4.69) is 5.18 Å². The zero-order valence-corrected chi connectivity index (χ0v) is 14.7. The third kappa shape index (κ3) is 3.57. The molecule has 4 heteroatoms. The Morgan fingerprint density at radius 1 is 0.815 bits per heavy atom. The van der Waals surface area contributed by atoms with Gasteiger partial charge in [0.15, 0.2) is 5.78 Å². The van der Waals surface area contributed by atoms with Crippen molar-refractivity contribution in [2.45, 2.75) is 18.6 Å². The summed E-state index contributed by atoms with van der Waals surface area (Å²) in [6, 6.07) is 26.3. The fourth-order valence-electron chi connectivity index (χ4n) is 3.66. The van der Waals surface area contributed by atoms with Crippen LogP contribution in [0.1, 0.15) is 40.1 Å². The Balaban J connectivity index is 1.68. The molecule has 4 nitrogen and oxygen atoms in total. The number of nitrogens with zero attached hydrogens (tertiary/aromatic N) is 1. The Morgan fingerprint density at radius 2 is 1.44 bits per heavy atom.